The van der Waals surface area contributed by atoms with Crippen LogP contribution in [0.4, 0.5) is 17.6 Å². The summed E-state index contributed by atoms with van der Waals surface area (Å²) in [6, 6.07) is 6.14. The van der Waals surface area contributed by atoms with Gasteiger partial charge in [-0.1, -0.05) is 34.4 Å². The smallest absolute Gasteiger partial charge is 0.374 e. The van der Waals surface area contributed by atoms with Gasteiger partial charge in [0.15, 0.2) is 5.82 Å². The molecule has 0 aliphatic carbocycles. The van der Waals surface area contributed by atoms with Crippen LogP contribution in [-0.2, 0) is 10.4 Å². The van der Waals surface area contributed by atoms with Crippen LogP contribution in [-0.4, -0.2) is 30.2 Å². The highest BCUT2D eigenvalue weighted by Gasteiger charge is 2.62. The number of rotatable bonds is 5. The molecule has 0 fully saturated rings. The Bertz CT molecular complexity index is 1040. The Morgan fingerprint density at radius 3 is 2.42 bits per heavy atom. The second-order valence-electron chi connectivity index (χ2n) is 6.86. The molecule has 0 bridgehead atoms. The molecule has 0 aromatic heterocycles. The number of amides is 1. The number of carbonyl (C=O) groups excluding carboxylic acids is 1. The number of benzene rings is 2. The van der Waals surface area contributed by atoms with Gasteiger partial charge in [-0.25, -0.2) is 4.39 Å². The van der Waals surface area contributed by atoms with E-state index in [-0.39, 0.29) is 24.0 Å². The molecule has 166 valence electrons. The number of aryl methyl sites for hydroxylation is 1. The van der Waals surface area contributed by atoms with Gasteiger partial charge >= 0.3 is 6.18 Å². The lowest BCUT2D eigenvalue weighted by Crippen LogP contribution is -2.42. The third kappa shape index (κ3) is 4.47. The van der Waals surface area contributed by atoms with E-state index in [1.807, 2.05) is 0 Å². The summed E-state index contributed by atoms with van der Waals surface area (Å²) in [5.74, 6) is -1.13. The van der Waals surface area contributed by atoms with Crippen molar-refractivity contribution < 1.29 is 27.2 Å². The van der Waals surface area contributed by atoms with Gasteiger partial charge in [0.2, 0.25) is 0 Å². The molecule has 1 aliphatic rings. The average Bonchev–Trinajstić information content (AvgIpc) is 3.16. The standard InChI is InChI=1S/C20H15Cl3F4N2O2/c1-10-6-11(2-3-13(10)18(30)28-5-4-21)16-9-19(31-29-16,20(25,26)27)12-7-14(22)17(24)15(23)8-12/h2-3,6-8H,4-5,9H2,1H3,(H,28,30). The third-order valence-electron chi connectivity index (χ3n) is 4.82. The van der Waals surface area contributed by atoms with Crippen LogP contribution in [0.5, 0.6) is 0 Å². The Kier molecular flexibility index (Phi) is 6.74. The highest BCUT2D eigenvalue weighted by atomic mass is 35.5. The van der Waals surface area contributed by atoms with Gasteiger partial charge in [0.1, 0.15) is 0 Å². The van der Waals surface area contributed by atoms with Crippen LogP contribution in [0.1, 0.15) is 33.5 Å². The van der Waals surface area contributed by atoms with Crippen molar-refractivity contribution in [2.24, 2.45) is 5.16 Å². The van der Waals surface area contributed by atoms with E-state index in [0.717, 1.165) is 12.1 Å². The summed E-state index contributed by atoms with van der Waals surface area (Å²) in [7, 11) is 0. The molecule has 4 nitrogen and oxygen atoms in total. The molecule has 1 aliphatic heterocycles. The monoisotopic (exact) mass is 496 g/mol. The molecule has 1 atom stereocenters. The van der Waals surface area contributed by atoms with Crippen molar-refractivity contribution >= 4 is 46.4 Å². The Balaban J connectivity index is 1.95. The summed E-state index contributed by atoms with van der Waals surface area (Å²) >= 11 is 17.0. The van der Waals surface area contributed by atoms with Crippen LogP contribution in [0.2, 0.25) is 10.0 Å². The molecule has 3 rings (SSSR count). The summed E-state index contributed by atoms with van der Waals surface area (Å²) in [6.45, 7) is 1.92. The van der Waals surface area contributed by atoms with Crippen molar-refractivity contribution in [1.82, 2.24) is 5.32 Å². The zero-order chi connectivity index (χ0) is 23.0. The van der Waals surface area contributed by atoms with Gasteiger partial charge in [-0.2, -0.15) is 13.2 Å². The van der Waals surface area contributed by atoms with E-state index in [1.165, 1.54) is 18.2 Å². The summed E-state index contributed by atoms with van der Waals surface area (Å²) in [5.41, 5.74) is -2.11. The number of halogens is 7. The predicted octanol–water partition coefficient (Wildman–Crippen LogP) is 5.99. The van der Waals surface area contributed by atoms with Crippen molar-refractivity contribution in [3.8, 4) is 0 Å². The molecule has 1 unspecified atom stereocenters. The van der Waals surface area contributed by atoms with Crippen LogP contribution in [0.3, 0.4) is 0 Å². The Morgan fingerprint density at radius 2 is 1.87 bits per heavy atom. The van der Waals surface area contributed by atoms with Crippen molar-refractivity contribution in [2.75, 3.05) is 12.4 Å². The highest BCUT2D eigenvalue weighted by molar-refractivity contribution is 6.35. The average molecular weight is 498 g/mol. The van der Waals surface area contributed by atoms with Crippen LogP contribution in [0.25, 0.3) is 0 Å². The predicted molar refractivity (Wildman–Crippen MR) is 111 cm³/mol. The molecule has 0 radical (unpaired) electrons. The maximum absolute atomic E-state index is 14.1. The van der Waals surface area contributed by atoms with Gasteiger partial charge in [0, 0.05) is 30.0 Å². The zero-order valence-corrected chi connectivity index (χ0v) is 18.2. The lowest BCUT2D eigenvalue weighted by Gasteiger charge is -2.29. The molecule has 31 heavy (non-hydrogen) atoms. The summed E-state index contributed by atoms with van der Waals surface area (Å²) in [5, 5.41) is 5.14. The minimum absolute atomic E-state index is 0.00436. The molecule has 1 amide bonds. The van der Waals surface area contributed by atoms with Crippen LogP contribution in [0, 0.1) is 12.7 Å². The minimum Gasteiger partial charge on any atom is -0.374 e. The number of nitrogens with zero attached hydrogens (tertiary/aromatic N) is 1. The van der Waals surface area contributed by atoms with E-state index in [9.17, 15) is 22.4 Å². The fraction of sp³-hybridized carbons (Fsp3) is 0.300. The number of nitrogens with one attached hydrogen (secondary N) is 1. The molecule has 11 heteroatoms. The Morgan fingerprint density at radius 1 is 1.23 bits per heavy atom. The maximum atomic E-state index is 14.1. The van der Waals surface area contributed by atoms with Gasteiger partial charge in [-0.3, -0.25) is 4.79 Å². The van der Waals surface area contributed by atoms with Crippen molar-refractivity contribution in [3.63, 3.8) is 0 Å². The maximum Gasteiger partial charge on any atom is 0.435 e. The number of carbonyl (C=O) groups is 1. The van der Waals surface area contributed by atoms with E-state index in [1.54, 1.807) is 6.92 Å². The lowest BCUT2D eigenvalue weighted by atomic mass is 9.86. The highest BCUT2D eigenvalue weighted by Crippen LogP contribution is 2.50. The fourth-order valence-electron chi connectivity index (χ4n) is 3.20. The first-order valence-corrected chi connectivity index (χ1v) is 10.2. The molecule has 2 aromatic rings. The van der Waals surface area contributed by atoms with Crippen LogP contribution < -0.4 is 5.32 Å². The molecular weight excluding hydrogens is 483 g/mol. The molecular formula is C20H15Cl3F4N2O2. The SMILES string of the molecule is Cc1cc(C2=NOC(c3cc(Cl)c(F)c(Cl)c3)(C(F)(F)F)C2)ccc1C(=O)NCCCl. The zero-order valence-electron chi connectivity index (χ0n) is 15.9. The van der Waals surface area contributed by atoms with Gasteiger partial charge in [0.05, 0.1) is 15.8 Å². The first-order valence-electron chi connectivity index (χ1n) is 8.92. The molecule has 1 N–H and O–H groups in total. The molecule has 1 heterocycles. The number of alkyl halides is 4. The second kappa shape index (κ2) is 8.84. The van der Waals surface area contributed by atoms with E-state index in [0.29, 0.717) is 16.7 Å². The molecule has 2 aromatic carbocycles. The van der Waals surface area contributed by atoms with E-state index >= 15 is 0 Å². The van der Waals surface area contributed by atoms with Gasteiger partial charge in [-0.05, 0) is 42.3 Å². The van der Waals surface area contributed by atoms with Gasteiger partial charge < -0.3 is 10.2 Å². The quantitative estimate of drug-likeness (QED) is 0.313. The number of hydrogen-bond donors (Lipinski definition) is 1. The normalized spacial score (nSPS) is 18.5. The van der Waals surface area contributed by atoms with Crippen LogP contribution >= 0.6 is 34.8 Å². The van der Waals surface area contributed by atoms with E-state index in [4.69, 9.17) is 39.6 Å². The molecule has 0 saturated carbocycles. The number of oxime groups is 1. The first kappa shape index (κ1) is 23.6. The third-order valence-corrected chi connectivity index (χ3v) is 5.56. The topological polar surface area (TPSA) is 50.7 Å². The summed E-state index contributed by atoms with van der Waals surface area (Å²) in [6.07, 6.45) is -5.59. The molecule has 0 spiro atoms. The van der Waals surface area contributed by atoms with Crippen molar-refractivity contribution in [3.05, 3.63) is 68.4 Å². The first-order chi connectivity index (χ1) is 14.5. The number of hydrogen-bond acceptors (Lipinski definition) is 3. The second-order valence-corrected chi connectivity index (χ2v) is 8.05. The van der Waals surface area contributed by atoms with Gasteiger partial charge in [0.25, 0.3) is 11.5 Å². The Labute approximate surface area is 190 Å². The van der Waals surface area contributed by atoms with Crippen LogP contribution in [0.15, 0.2) is 35.5 Å². The summed E-state index contributed by atoms with van der Waals surface area (Å²) in [4.78, 5) is 17.0. The van der Waals surface area contributed by atoms with E-state index < -0.39 is 39.6 Å². The van der Waals surface area contributed by atoms with Crippen molar-refractivity contribution in [1.29, 1.82) is 0 Å². The largest absolute Gasteiger partial charge is 0.435 e. The summed E-state index contributed by atoms with van der Waals surface area (Å²) < 4.78 is 56.0. The van der Waals surface area contributed by atoms with Crippen molar-refractivity contribution in [2.45, 2.75) is 25.1 Å². The Hall–Kier alpha value is -2.03. The molecule has 0 saturated heterocycles. The van der Waals surface area contributed by atoms with E-state index in [2.05, 4.69) is 10.5 Å². The van der Waals surface area contributed by atoms with Gasteiger partial charge in [-0.15, -0.1) is 11.6 Å². The fourth-order valence-corrected chi connectivity index (χ4v) is 3.78. The lowest BCUT2D eigenvalue weighted by molar-refractivity contribution is -0.275. The minimum atomic E-state index is -4.90.